The molecule has 12 heteroatoms. The topological polar surface area (TPSA) is 118 Å². The van der Waals surface area contributed by atoms with E-state index in [1.54, 1.807) is 6.07 Å². The van der Waals surface area contributed by atoms with E-state index in [0.717, 1.165) is 18.2 Å². The monoisotopic (exact) mass is 516 g/mol. The quantitative estimate of drug-likeness (QED) is 0.239. The highest BCUT2D eigenvalue weighted by atomic mass is 35.5. The first-order chi connectivity index (χ1) is 17.2. The molecular formula is C24H19ClF2N4O5. The number of nitrogens with zero attached hydrogens (tertiary/aromatic N) is 1. The third-order valence-electron chi connectivity index (χ3n) is 4.44. The third-order valence-corrected chi connectivity index (χ3v) is 4.73. The minimum atomic E-state index is -1.03. The highest BCUT2D eigenvalue weighted by molar-refractivity contribution is 6.39. The summed E-state index contributed by atoms with van der Waals surface area (Å²) in [4.78, 5) is 35.9. The number of carbonyl (C=O) groups excluding carboxylic acids is 3. The molecule has 0 spiro atoms. The standard InChI is InChI=1S/C24H19ClF2N4O5/c1-35-21-10-14(12-28-31-24(34)23(33)30-16-5-3-15(26)4-6-16)2-9-20(21)36-13-22(32)29-17-7-8-19(27)18(25)11-17/h2-12H,13H2,1H3,(H,29,32)(H,30,33)(H,31,34)/b28-12-. The van der Waals surface area contributed by atoms with Crippen molar-refractivity contribution in [1.29, 1.82) is 0 Å². The van der Waals surface area contributed by atoms with Crippen LogP contribution in [0.4, 0.5) is 20.2 Å². The van der Waals surface area contributed by atoms with Crippen molar-refractivity contribution >= 4 is 46.9 Å². The molecule has 0 saturated heterocycles. The van der Waals surface area contributed by atoms with E-state index < -0.39 is 29.4 Å². The number of hydrogen-bond acceptors (Lipinski definition) is 6. The molecule has 0 aliphatic rings. The summed E-state index contributed by atoms with van der Waals surface area (Å²) in [5.74, 6) is -3.08. The van der Waals surface area contributed by atoms with E-state index >= 15 is 0 Å². The largest absolute Gasteiger partial charge is 0.493 e. The lowest BCUT2D eigenvalue weighted by Gasteiger charge is -2.11. The van der Waals surface area contributed by atoms with Crippen LogP contribution in [0.5, 0.6) is 11.5 Å². The van der Waals surface area contributed by atoms with Gasteiger partial charge in [0.15, 0.2) is 18.1 Å². The first-order valence-electron chi connectivity index (χ1n) is 10.2. The molecule has 0 fully saturated rings. The molecule has 3 aromatic carbocycles. The molecule has 36 heavy (non-hydrogen) atoms. The lowest BCUT2D eigenvalue weighted by atomic mass is 10.2. The van der Waals surface area contributed by atoms with Gasteiger partial charge in [0, 0.05) is 11.4 Å². The minimum Gasteiger partial charge on any atom is -0.493 e. The fraction of sp³-hybridized carbons (Fsp3) is 0.0833. The Labute approximate surface area is 209 Å². The molecular weight excluding hydrogens is 498 g/mol. The molecule has 3 N–H and O–H groups in total. The lowest BCUT2D eigenvalue weighted by Crippen LogP contribution is -2.32. The normalized spacial score (nSPS) is 10.6. The lowest BCUT2D eigenvalue weighted by molar-refractivity contribution is -0.136. The molecule has 0 radical (unpaired) electrons. The summed E-state index contributed by atoms with van der Waals surface area (Å²) < 4.78 is 36.9. The van der Waals surface area contributed by atoms with Gasteiger partial charge in [0.05, 0.1) is 18.3 Å². The number of ether oxygens (including phenoxy) is 2. The van der Waals surface area contributed by atoms with Crippen LogP contribution in [0.3, 0.4) is 0 Å². The molecule has 3 aromatic rings. The van der Waals surface area contributed by atoms with E-state index in [4.69, 9.17) is 21.1 Å². The van der Waals surface area contributed by atoms with Gasteiger partial charge in [0.1, 0.15) is 11.6 Å². The zero-order chi connectivity index (χ0) is 26.1. The summed E-state index contributed by atoms with van der Waals surface area (Å²) in [5, 5.41) is 8.42. The van der Waals surface area contributed by atoms with Gasteiger partial charge in [-0.15, -0.1) is 0 Å². The Morgan fingerprint density at radius 3 is 2.33 bits per heavy atom. The summed E-state index contributed by atoms with van der Waals surface area (Å²) in [5.41, 5.74) is 3.12. The Morgan fingerprint density at radius 1 is 0.917 bits per heavy atom. The Bertz CT molecular complexity index is 1300. The second kappa shape index (κ2) is 12.3. The van der Waals surface area contributed by atoms with Gasteiger partial charge >= 0.3 is 11.8 Å². The van der Waals surface area contributed by atoms with Crippen LogP contribution in [0.15, 0.2) is 65.8 Å². The van der Waals surface area contributed by atoms with Crippen molar-refractivity contribution < 1.29 is 32.6 Å². The molecule has 0 saturated carbocycles. The summed E-state index contributed by atoms with van der Waals surface area (Å²) >= 11 is 5.69. The zero-order valence-electron chi connectivity index (χ0n) is 18.7. The Hall–Kier alpha value is -4.51. The van der Waals surface area contributed by atoms with E-state index in [-0.39, 0.29) is 28.8 Å². The predicted octanol–water partition coefficient (Wildman–Crippen LogP) is 3.73. The van der Waals surface area contributed by atoms with Gasteiger partial charge in [0.2, 0.25) is 0 Å². The number of nitrogens with one attached hydrogen (secondary N) is 3. The molecule has 0 aromatic heterocycles. The van der Waals surface area contributed by atoms with Gasteiger partial charge in [-0.05, 0) is 66.2 Å². The van der Waals surface area contributed by atoms with Crippen molar-refractivity contribution in [3.8, 4) is 11.5 Å². The molecule has 0 unspecified atom stereocenters. The second-order valence-corrected chi connectivity index (χ2v) is 7.44. The van der Waals surface area contributed by atoms with E-state index in [1.165, 1.54) is 49.7 Å². The maximum Gasteiger partial charge on any atom is 0.329 e. The van der Waals surface area contributed by atoms with Crippen LogP contribution in [0.1, 0.15) is 5.56 Å². The smallest absolute Gasteiger partial charge is 0.329 e. The number of methoxy groups -OCH3 is 1. The van der Waals surface area contributed by atoms with E-state index in [1.807, 2.05) is 0 Å². The molecule has 3 amide bonds. The number of benzene rings is 3. The second-order valence-electron chi connectivity index (χ2n) is 7.04. The maximum absolute atomic E-state index is 13.2. The SMILES string of the molecule is COc1cc(/C=N\NC(=O)C(=O)Nc2ccc(F)cc2)ccc1OCC(=O)Nc1ccc(F)c(Cl)c1. The first kappa shape index (κ1) is 26.1. The number of halogens is 3. The Kier molecular flexibility index (Phi) is 8.89. The van der Waals surface area contributed by atoms with Crippen molar-refractivity contribution in [2.75, 3.05) is 24.4 Å². The summed E-state index contributed by atoms with van der Waals surface area (Å²) in [6.07, 6.45) is 1.26. The van der Waals surface area contributed by atoms with E-state index in [0.29, 0.717) is 11.3 Å². The highest BCUT2D eigenvalue weighted by Crippen LogP contribution is 2.27. The molecule has 0 bridgehead atoms. The number of rotatable bonds is 8. The fourth-order valence-corrected chi connectivity index (χ4v) is 2.92. The maximum atomic E-state index is 13.2. The Balaban J connectivity index is 1.52. The van der Waals surface area contributed by atoms with Gasteiger partial charge in [-0.2, -0.15) is 5.10 Å². The highest BCUT2D eigenvalue weighted by Gasteiger charge is 2.13. The Morgan fingerprint density at radius 2 is 1.64 bits per heavy atom. The summed E-state index contributed by atoms with van der Waals surface area (Å²) in [6.45, 7) is -0.363. The fourth-order valence-electron chi connectivity index (χ4n) is 2.74. The van der Waals surface area contributed by atoms with Gasteiger partial charge in [0.25, 0.3) is 5.91 Å². The van der Waals surface area contributed by atoms with Crippen LogP contribution < -0.4 is 25.5 Å². The van der Waals surface area contributed by atoms with Crippen molar-refractivity contribution in [2.45, 2.75) is 0 Å². The third kappa shape index (κ3) is 7.50. The number of amides is 3. The van der Waals surface area contributed by atoms with Crippen LogP contribution in [0.2, 0.25) is 5.02 Å². The molecule has 0 atom stereocenters. The average Bonchev–Trinajstić information content (AvgIpc) is 2.86. The summed E-state index contributed by atoms with van der Waals surface area (Å²) in [7, 11) is 1.39. The predicted molar refractivity (Wildman–Crippen MR) is 129 cm³/mol. The number of anilines is 2. The minimum absolute atomic E-state index is 0.127. The molecule has 0 heterocycles. The van der Waals surface area contributed by atoms with Crippen molar-refractivity contribution in [3.05, 3.63) is 82.9 Å². The van der Waals surface area contributed by atoms with Crippen LogP contribution in [-0.4, -0.2) is 37.7 Å². The van der Waals surface area contributed by atoms with Crippen molar-refractivity contribution in [1.82, 2.24) is 5.43 Å². The van der Waals surface area contributed by atoms with Gasteiger partial charge < -0.3 is 20.1 Å². The van der Waals surface area contributed by atoms with Crippen LogP contribution in [0.25, 0.3) is 0 Å². The van der Waals surface area contributed by atoms with E-state index in [2.05, 4.69) is 21.2 Å². The van der Waals surface area contributed by atoms with Gasteiger partial charge in [-0.3, -0.25) is 14.4 Å². The van der Waals surface area contributed by atoms with Crippen LogP contribution in [-0.2, 0) is 14.4 Å². The number of hydrazone groups is 1. The van der Waals surface area contributed by atoms with Crippen molar-refractivity contribution in [2.24, 2.45) is 5.10 Å². The van der Waals surface area contributed by atoms with E-state index in [9.17, 15) is 23.2 Å². The number of carbonyl (C=O) groups is 3. The zero-order valence-corrected chi connectivity index (χ0v) is 19.4. The van der Waals surface area contributed by atoms with Crippen LogP contribution in [0, 0.1) is 11.6 Å². The molecule has 186 valence electrons. The molecule has 9 nitrogen and oxygen atoms in total. The summed E-state index contributed by atoms with van der Waals surface area (Å²) in [6, 6.07) is 13.3. The number of hydrogen-bond donors (Lipinski definition) is 3. The van der Waals surface area contributed by atoms with Gasteiger partial charge in [-0.1, -0.05) is 11.6 Å². The van der Waals surface area contributed by atoms with Gasteiger partial charge in [-0.25, -0.2) is 14.2 Å². The molecule has 0 aliphatic carbocycles. The first-order valence-corrected chi connectivity index (χ1v) is 10.6. The van der Waals surface area contributed by atoms with Crippen molar-refractivity contribution in [3.63, 3.8) is 0 Å². The molecule has 3 rings (SSSR count). The van der Waals surface area contributed by atoms with Crippen LogP contribution >= 0.6 is 11.6 Å². The molecule has 0 aliphatic heterocycles. The average molecular weight is 517 g/mol.